The molecule has 1 atom stereocenters. The molecule has 0 heterocycles. The molecule has 0 radical (unpaired) electrons. The third-order valence-corrected chi connectivity index (χ3v) is 3.54. The molecule has 0 aliphatic rings. The second-order valence-electron chi connectivity index (χ2n) is 5.43. The van der Waals surface area contributed by atoms with Crippen molar-refractivity contribution in [1.82, 2.24) is 5.32 Å². The monoisotopic (exact) mass is 257 g/mol. The van der Waals surface area contributed by atoms with E-state index in [9.17, 15) is 0 Å². The Kier molecular flexibility index (Phi) is 14.9. The Bertz CT molecular complexity index is 150. The minimum atomic E-state index is 0.341. The lowest BCUT2D eigenvalue weighted by atomic mass is 10.1. The van der Waals surface area contributed by atoms with E-state index in [0.29, 0.717) is 6.10 Å². The van der Waals surface area contributed by atoms with Crippen LogP contribution < -0.4 is 5.32 Å². The molecule has 18 heavy (non-hydrogen) atoms. The quantitative estimate of drug-likeness (QED) is 0.462. The maximum atomic E-state index is 5.19. The van der Waals surface area contributed by atoms with Gasteiger partial charge in [-0.05, 0) is 19.9 Å². The molecule has 0 spiro atoms. The summed E-state index contributed by atoms with van der Waals surface area (Å²) < 4.78 is 5.19. The van der Waals surface area contributed by atoms with Crippen molar-refractivity contribution in [1.29, 1.82) is 0 Å². The van der Waals surface area contributed by atoms with Crippen LogP contribution in [-0.2, 0) is 4.74 Å². The van der Waals surface area contributed by atoms with Gasteiger partial charge in [0.15, 0.2) is 0 Å². The topological polar surface area (TPSA) is 21.3 Å². The molecule has 110 valence electrons. The first-order chi connectivity index (χ1) is 8.81. The summed E-state index contributed by atoms with van der Waals surface area (Å²) in [6.07, 6.45) is 14.4. The third kappa shape index (κ3) is 14.0. The number of ether oxygens (including phenoxy) is 1. The van der Waals surface area contributed by atoms with Crippen LogP contribution in [0.4, 0.5) is 0 Å². The molecule has 0 rings (SSSR count). The summed E-state index contributed by atoms with van der Waals surface area (Å²) in [5, 5.41) is 3.44. The summed E-state index contributed by atoms with van der Waals surface area (Å²) in [7, 11) is 1.77. The summed E-state index contributed by atoms with van der Waals surface area (Å²) in [5.74, 6) is 0. The van der Waals surface area contributed by atoms with Crippen molar-refractivity contribution in [3.05, 3.63) is 0 Å². The Morgan fingerprint density at radius 1 is 0.833 bits per heavy atom. The van der Waals surface area contributed by atoms with E-state index >= 15 is 0 Å². The molecule has 0 saturated carbocycles. The normalized spacial score (nSPS) is 12.8. The van der Waals surface area contributed by atoms with Gasteiger partial charge in [-0.1, -0.05) is 64.7 Å². The van der Waals surface area contributed by atoms with E-state index in [1.165, 1.54) is 64.2 Å². The average Bonchev–Trinajstić information content (AvgIpc) is 2.39. The zero-order valence-electron chi connectivity index (χ0n) is 13.0. The van der Waals surface area contributed by atoms with Crippen molar-refractivity contribution in [3.8, 4) is 0 Å². The van der Waals surface area contributed by atoms with Crippen LogP contribution in [0, 0.1) is 0 Å². The second kappa shape index (κ2) is 15.0. The lowest BCUT2D eigenvalue weighted by Gasteiger charge is -2.10. The van der Waals surface area contributed by atoms with Gasteiger partial charge in [-0.2, -0.15) is 0 Å². The minimum Gasteiger partial charge on any atom is -0.380 e. The molecule has 0 saturated heterocycles. The molecule has 0 aliphatic heterocycles. The van der Waals surface area contributed by atoms with Gasteiger partial charge >= 0.3 is 0 Å². The Balaban J connectivity index is 2.94. The fourth-order valence-electron chi connectivity index (χ4n) is 2.13. The van der Waals surface area contributed by atoms with E-state index in [2.05, 4.69) is 19.2 Å². The molecule has 0 fully saturated rings. The highest BCUT2D eigenvalue weighted by molar-refractivity contribution is 4.55. The molecular weight excluding hydrogens is 222 g/mol. The van der Waals surface area contributed by atoms with Crippen LogP contribution in [0.25, 0.3) is 0 Å². The van der Waals surface area contributed by atoms with Crippen molar-refractivity contribution < 1.29 is 4.74 Å². The zero-order valence-corrected chi connectivity index (χ0v) is 13.0. The molecular formula is C16H35NO. The van der Waals surface area contributed by atoms with Crippen LogP contribution in [0.3, 0.4) is 0 Å². The predicted molar refractivity (Wildman–Crippen MR) is 81.2 cm³/mol. The number of methoxy groups -OCH3 is 1. The van der Waals surface area contributed by atoms with Crippen LogP contribution in [0.2, 0.25) is 0 Å². The van der Waals surface area contributed by atoms with Crippen molar-refractivity contribution in [3.63, 3.8) is 0 Å². The molecule has 0 aliphatic carbocycles. The van der Waals surface area contributed by atoms with Crippen molar-refractivity contribution in [2.45, 2.75) is 84.2 Å². The molecule has 0 aromatic heterocycles. The van der Waals surface area contributed by atoms with Crippen molar-refractivity contribution in [2.24, 2.45) is 0 Å². The molecule has 0 aromatic rings. The predicted octanol–water partition coefficient (Wildman–Crippen LogP) is 4.53. The summed E-state index contributed by atoms with van der Waals surface area (Å²) >= 11 is 0. The fourth-order valence-corrected chi connectivity index (χ4v) is 2.13. The lowest BCUT2D eigenvalue weighted by molar-refractivity contribution is 0.117. The zero-order chi connectivity index (χ0) is 13.5. The summed E-state index contributed by atoms with van der Waals surface area (Å²) in [5.41, 5.74) is 0. The van der Waals surface area contributed by atoms with Gasteiger partial charge in [-0.15, -0.1) is 0 Å². The molecule has 0 bridgehead atoms. The summed E-state index contributed by atoms with van der Waals surface area (Å²) in [6, 6.07) is 0. The van der Waals surface area contributed by atoms with E-state index in [1.54, 1.807) is 7.11 Å². The summed E-state index contributed by atoms with van der Waals surface area (Å²) in [6.45, 7) is 6.51. The van der Waals surface area contributed by atoms with Gasteiger partial charge in [0.1, 0.15) is 0 Å². The highest BCUT2D eigenvalue weighted by atomic mass is 16.5. The Morgan fingerprint density at radius 2 is 1.33 bits per heavy atom. The number of unbranched alkanes of at least 4 members (excludes halogenated alkanes) is 9. The minimum absolute atomic E-state index is 0.341. The van der Waals surface area contributed by atoms with Gasteiger partial charge in [-0.3, -0.25) is 0 Å². The maximum Gasteiger partial charge on any atom is 0.0667 e. The van der Waals surface area contributed by atoms with E-state index < -0.39 is 0 Å². The maximum absolute atomic E-state index is 5.19. The number of hydrogen-bond acceptors (Lipinski definition) is 2. The molecule has 1 N–H and O–H groups in total. The Morgan fingerprint density at radius 3 is 1.83 bits per heavy atom. The molecule has 2 heteroatoms. The average molecular weight is 257 g/mol. The van der Waals surface area contributed by atoms with Crippen molar-refractivity contribution >= 4 is 0 Å². The highest BCUT2D eigenvalue weighted by Gasteiger charge is 1.97. The highest BCUT2D eigenvalue weighted by Crippen LogP contribution is 2.10. The van der Waals surface area contributed by atoms with Gasteiger partial charge in [0.05, 0.1) is 6.10 Å². The smallest absolute Gasteiger partial charge is 0.0667 e. The first-order valence-electron chi connectivity index (χ1n) is 8.04. The Hall–Kier alpha value is -0.0800. The number of nitrogens with one attached hydrogen (secondary N) is 1. The molecule has 2 nitrogen and oxygen atoms in total. The fraction of sp³-hybridized carbons (Fsp3) is 1.00. The van der Waals surface area contributed by atoms with E-state index in [-0.39, 0.29) is 0 Å². The van der Waals surface area contributed by atoms with E-state index in [4.69, 9.17) is 4.74 Å². The third-order valence-electron chi connectivity index (χ3n) is 3.54. The molecule has 1 unspecified atom stereocenters. The largest absolute Gasteiger partial charge is 0.380 e. The van der Waals surface area contributed by atoms with Crippen LogP contribution in [-0.4, -0.2) is 26.3 Å². The van der Waals surface area contributed by atoms with E-state index in [1.807, 2.05) is 0 Å². The molecule has 0 aromatic carbocycles. The van der Waals surface area contributed by atoms with Gasteiger partial charge in [-0.25, -0.2) is 0 Å². The van der Waals surface area contributed by atoms with Gasteiger partial charge in [0.2, 0.25) is 0 Å². The van der Waals surface area contributed by atoms with Crippen LogP contribution in [0.15, 0.2) is 0 Å². The first kappa shape index (κ1) is 17.9. The van der Waals surface area contributed by atoms with Gasteiger partial charge < -0.3 is 10.1 Å². The second-order valence-corrected chi connectivity index (χ2v) is 5.43. The van der Waals surface area contributed by atoms with Crippen molar-refractivity contribution in [2.75, 3.05) is 20.2 Å². The first-order valence-corrected chi connectivity index (χ1v) is 8.04. The summed E-state index contributed by atoms with van der Waals surface area (Å²) in [4.78, 5) is 0. The van der Waals surface area contributed by atoms with Crippen LogP contribution >= 0.6 is 0 Å². The van der Waals surface area contributed by atoms with Crippen LogP contribution in [0.5, 0.6) is 0 Å². The standard InChI is InChI=1S/C16H35NO/c1-4-5-6-7-8-9-10-11-12-13-14-17-15-16(2)18-3/h16-17H,4-15H2,1-3H3. The van der Waals surface area contributed by atoms with Gasteiger partial charge in [0.25, 0.3) is 0 Å². The number of rotatable bonds is 14. The SMILES string of the molecule is CCCCCCCCCCCCNCC(C)OC. The lowest BCUT2D eigenvalue weighted by Crippen LogP contribution is -2.26. The Labute approximate surface area is 115 Å². The number of hydrogen-bond donors (Lipinski definition) is 1. The van der Waals surface area contributed by atoms with Crippen LogP contribution in [0.1, 0.15) is 78.1 Å². The van der Waals surface area contributed by atoms with E-state index in [0.717, 1.165) is 13.1 Å². The molecule has 0 amide bonds. The van der Waals surface area contributed by atoms with Gasteiger partial charge in [0, 0.05) is 13.7 Å².